The van der Waals surface area contributed by atoms with Crippen molar-refractivity contribution in [3.8, 4) is 11.3 Å². The second-order valence-corrected chi connectivity index (χ2v) is 4.96. The summed E-state index contributed by atoms with van der Waals surface area (Å²) in [5, 5.41) is 9.23. The highest BCUT2D eigenvalue weighted by Gasteiger charge is 2.14. The summed E-state index contributed by atoms with van der Waals surface area (Å²) in [6.45, 7) is 1.86. The lowest BCUT2D eigenvalue weighted by Gasteiger charge is -2.07. The van der Waals surface area contributed by atoms with Crippen molar-refractivity contribution in [1.82, 2.24) is 9.38 Å². The van der Waals surface area contributed by atoms with E-state index in [1.807, 2.05) is 13.0 Å². The average molecular weight is 295 g/mol. The molecule has 0 unspecified atom stereocenters. The Bertz CT molecular complexity index is 912. The van der Waals surface area contributed by atoms with Crippen LogP contribution in [0.4, 0.5) is 0 Å². The zero-order chi connectivity index (χ0) is 15.9. The molecule has 110 valence electrons. The van der Waals surface area contributed by atoms with Gasteiger partial charge in [-0.3, -0.25) is 4.79 Å². The van der Waals surface area contributed by atoms with E-state index in [1.165, 1.54) is 6.07 Å². The largest absolute Gasteiger partial charge is 0.478 e. The highest BCUT2D eigenvalue weighted by Crippen LogP contribution is 2.23. The Morgan fingerprint density at radius 3 is 2.68 bits per heavy atom. The Labute approximate surface area is 125 Å². The van der Waals surface area contributed by atoms with E-state index in [2.05, 4.69) is 4.98 Å². The quantitative estimate of drug-likeness (QED) is 0.773. The van der Waals surface area contributed by atoms with Crippen molar-refractivity contribution in [3.63, 3.8) is 0 Å². The van der Waals surface area contributed by atoms with E-state index in [-0.39, 0.29) is 5.56 Å². The Morgan fingerprint density at radius 2 is 2.00 bits per heavy atom. The summed E-state index contributed by atoms with van der Waals surface area (Å²) >= 11 is 0. The number of primary amides is 1. The summed E-state index contributed by atoms with van der Waals surface area (Å²) in [5.41, 5.74) is 8.31. The van der Waals surface area contributed by atoms with E-state index in [4.69, 9.17) is 5.73 Å². The molecule has 0 aliphatic heterocycles. The number of carboxylic acid groups (broad SMARTS) is 1. The van der Waals surface area contributed by atoms with Gasteiger partial charge in [-0.15, -0.1) is 0 Å². The van der Waals surface area contributed by atoms with Crippen LogP contribution in [0.1, 0.15) is 26.4 Å². The van der Waals surface area contributed by atoms with E-state index >= 15 is 0 Å². The first-order valence-electron chi connectivity index (χ1n) is 6.59. The molecule has 0 aliphatic carbocycles. The Morgan fingerprint density at radius 1 is 1.23 bits per heavy atom. The van der Waals surface area contributed by atoms with Gasteiger partial charge >= 0.3 is 5.97 Å². The molecule has 1 aromatic carbocycles. The number of nitrogens with zero attached hydrogens (tertiary/aromatic N) is 2. The molecule has 3 aromatic rings. The van der Waals surface area contributed by atoms with Gasteiger partial charge in [-0.05, 0) is 31.2 Å². The minimum Gasteiger partial charge on any atom is -0.478 e. The summed E-state index contributed by atoms with van der Waals surface area (Å²) < 4.78 is 1.71. The number of hydrogen-bond acceptors (Lipinski definition) is 3. The van der Waals surface area contributed by atoms with E-state index in [1.54, 1.807) is 34.9 Å². The van der Waals surface area contributed by atoms with Crippen molar-refractivity contribution >= 4 is 17.5 Å². The predicted octanol–water partition coefficient (Wildman–Crippen LogP) is 2.11. The number of rotatable bonds is 3. The number of carboxylic acids is 1. The van der Waals surface area contributed by atoms with Gasteiger partial charge in [0.15, 0.2) is 5.65 Å². The van der Waals surface area contributed by atoms with Gasteiger partial charge in [-0.25, -0.2) is 9.78 Å². The lowest BCUT2D eigenvalue weighted by Crippen LogP contribution is -2.10. The average Bonchev–Trinajstić information content (AvgIpc) is 2.92. The molecule has 0 spiro atoms. The van der Waals surface area contributed by atoms with Crippen LogP contribution in [0.15, 0.2) is 42.6 Å². The standard InChI is InChI=1S/C16H13N3O3/c1-9-7-13(10-3-2-4-11(8-10)14(17)20)18-15-12(16(21)22)5-6-19(9)15/h2-8H,1H3,(H2,17,20)(H,21,22). The SMILES string of the molecule is Cc1cc(-c2cccc(C(N)=O)c2)nc2c(C(=O)O)ccn12. The highest BCUT2D eigenvalue weighted by atomic mass is 16.4. The summed E-state index contributed by atoms with van der Waals surface area (Å²) in [4.78, 5) is 27.0. The van der Waals surface area contributed by atoms with Gasteiger partial charge in [0.1, 0.15) is 5.56 Å². The fourth-order valence-electron chi connectivity index (χ4n) is 2.38. The predicted molar refractivity (Wildman–Crippen MR) is 80.8 cm³/mol. The van der Waals surface area contributed by atoms with Crippen LogP contribution in [0.25, 0.3) is 16.9 Å². The molecule has 0 saturated heterocycles. The molecule has 22 heavy (non-hydrogen) atoms. The second kappa shape index (κ2) is 5.00. The van der Waals surface area contributed by atoms with Gasteiger partial charge in [0, 0.05) is 23.0 Å². The molecule has 0 radical (unpaired) electrons. The molecule has 0 bridgehead atoms. The minimum absolute atomic E-state index is 0.135. The number of benzene rings is 1. The topological polar surface area (TPSA) is 97.7 Å². The van der Waals surface area contributed by atoms with Crippen molar-refractivity contribution in [2.24, 2.45) is 5.73 Å². The van der Waals surface area contributed by atoms with Crippen molar-refractivity contribution in [2.75, 3.05) is 0 Å². The number of fused-ring (bicyclic) bond motifs is 1. The molecule has 2 aromatic heterocycles. The van der Waals surface area contributed by atoms with Crippen LogP contribution in [-0.2, 0) is 0 Å². The first-order valence-corrected chi connectivity index (χ1v) is 6.59. The number of nitrogens with two attached hydrogens (primary N) is 1. The van der Waals surface area contributed by atoms with E-state index in [9.17, 15) is 14.7 Å². The molecule has 0 saturated carbocycles. The third-order valence-corrected chi connectivity index (χ3v) is 3.48. The molecule has 1 amide bonds. The molecule has 6 nitrogen and oxygen atoms in total. The first kappa shape index (κ1) is 13.8. The molecule has 0 aliphatic rings. The minimum atomic E-state index is -1.03. The van der Waals surface area contributed by atoms with Gasteiger partial charge in [-0.1, -0.05) is 12.1 Å². The van der Waals surface area contributed by atoms with E-state index < -0.39 is 11.9 Å². The number of amides is 1. The van der Waals surface area contributed by atoms with Crippen LogP contribution in [0, 0.1) is 6.92 Å². The fourth-order valence-corrected chi connectivity index (χ4v) is 2.38. The van der Waals surface area contributed by atoms with Crippen molar-refractivity contribution in [3.05, 3.63) is 59.4 Å². The number of aromatic carboxylic acids is 1. The molecule has 3 N–H and O–H groups in total. The molecule has 0 atom stereocenters. The second-order valence-electron chi connectivity index (χ2n) is 4.96. The molecule has 2 heterocycles. The van der Waals surface area contributed by atoms with Crippen molar-refractivity contribution < 1.29 is 14.7 Å². The zero-order valence-electron chi connectivity index (χ0n) is 11.8. The molecule has 6 heteroatoms. The summed E-state index contributed by atoms with van der Waals surface area (Å²) in [6.07, 6.45) is 1.67. The van der Waals surface area contributed by atoms with Crippen LogP contribution in [0.5, 0.6) is 0 Å². The monoisotopic (exact) mass is 295 g/mol. The lowest BCUT2D eigenvalue weighted by atomic mass is 10.1. The number of aromatic nitrogens is 2. The molecule has 0 fully saturated rings. The van der Waals surface area contributed by atoms with Crippen molar-refractivity contribution in [2.45, 2.75) is 6.92 Å². The van der Waals surface area contributed by atoms with Gasteiger partial charge in [0.25, 0.3) is 0 Å². The number of carbonyl (C=O) groups excluding carboxylic acids is 1. The maximum atomic E-state index is 11.3. The molecular formula is C16H13N3O3. The third-order valence-electron chi connectivity index (χ3n) is 3.48. The van der Waals surface area contributed by atoms with Crippen LogP contribution in [0.2, 0.25) is 0 Å². The molecule has 3 rings (SSSR count). The normalized spacial score (nSPS) is 10.8. The number of hydrogen-bond donors (Lipinski definition) is 2. The zero-order valence-corrected chi connectivity index (χ0v) is 11.8. The summed E-state index contributed by atoms with van der Waals surface area (Å²) in [6, 6.07) is 10.1. The van der Waals surface area contributed by atoms with Gasteiger partial charge < -0.3 is 15.2 Å². The van der Waals surface area contributed by atoms with Crippen LogP contribution in [0.3, 0.4) is 0 Å². The Balaban J connectivity index is 2.23. The maximum absolute atomic E-state index is 11.3. The summed E-state index contributed by atoms with van der Waals surface area (Å²) in [7, 11) is 0. The van der Waals surface area contributed by atoms with Gasteiger partial charge in [0.05, 0.1) is 5.69 Å². The Hall–Kier alpha value is -3.15. The van der Waals surface area contributed by atoms with Gasteiger partial charge in [-0.2, -0.15) is 0 Å². The van der Waals surface area contributed by atoms with E-state index in [0.717, 1.165) is 5.69 Å². The first-order chi connectivity index (χ1) is 10.5. The van der Waals surface area contributed by atoms with E-state index in [0.29, 0.717) is 22.5 Å². The lowest BCUT2D eigenvalue weighted by molar-refractivity contribution is 0.0698. The highest BCUT2D eigenvalue weighted by molar-refractivity contribution is 5.95. The molecular weight excluding hydrogens is 282 g/mol. The maximum Gasteiger partial charge on any atom is 0.339 e. The smallest absolute Gasteiger partial charge is 0.339 e. The van der Waals surface area contributed by atoms with Crippen LogP contribution < -0.4 is 5.73 Å². The van der Waals surface area contributed by atoms with Crippen LogP contribution >= 0.6 is 0 Å². The summed E-state index contributed by atoms with van der Waals surface area (Å²) in [5.74, 6) is -1.55. The van der Waals surface area contributed by atoms with Crippen molar-refractivity contribution in [1.29, 1.82) is 0 Å². The number of carbonyl (C=O) groups is 2. The van der Waals surface area contributed by atoms with Crippen LogP contribution in [-0.4, -0.2) is 26.4 Å². The fraction of sp³-hybridized carbons (Fsp3) is 0.0625. The Kier molecular flexibility index (Phi) is 3.14. The van der Waals surface area contributed by atoms with Gasteiger partial charge in [0.2, 0.25) is 5.91 Å². The third kappa shape index (κ3) is 2.20. The number of aryl methyl sites for hydroxylation is 1.